The summed E-state index contributed by atoms with van der Waals surface area (Å²) >= 11 is 0. The lowest BCUT2D eigenvalue weighted by Crippen LogP contribution is -2.30. The summed E-state index contributed by atoms with van der Waals surface area (Å²) in [6.45, 7) is 1.33. The van der Waals surface area contributed by atoms with Gasteiger partial charge in [-0.2, -0.15) is 18.4 Å². The zero-order chi connectivity index (χ0) is 16.9. The second kappa shape index (κ2) is 7.04. The third-order valence-corrected chi connectivity index (χ3v) is 2.69. The van der Waals surface area contributed by atoms with Crippen molar-refractivity contribution in [3.05, 3.63) is 29.8 Å². The van der Waals surface area contributed by atoms with E-state index in [1.807, 2.05) is 0 Å². The van der Waals surface area contributed by atoms with Crippen molar-refractivity contribution >= 4 is 17.4 Å². The number of halogens is 3. The van der Waals surface area contributed by atoms with E-state index in [4.69, 9.17) is 10.4 Å². The van der Waals surface area contributed by atoms with Crippen LogP contribution in [0.2, 0.25) is 0 Å². The largest absolute Gasteiger partial charge is 0.416 e. The Bertz CT molecular complexity index is 589. The molecule has 0 aliphatic rings. The summed E-state index contributed by atoms with van der Waals surface area (Å²) in [4.78, 5) is 23.4. The van der Waals surface area contributed by atoms with E-state index >= 15 is 0 Å². The molecular weight excluding hydrogens is 301 g/mol. The number of amides is 1. The van der Waals surface area contributed by atoms with E-state index < -0.39 is 35.5 Å². The molecule has 0 saturated heterocycles. The molecule has 0 saturated carbocycles. The maximum absolute atomic E-state index is 12.4. The number of anilines is 1. The maximum Gasteiger partial charge on any atom is 0.416 e. The number of nitrogens with zero attached hydrogens (tertiary/aromatic N) is 1. The van der Waals surface area contributed by atoms with Gasteiger partial charge < -0.3 is 10.4 Å². The van der Waals surface area contributed by atoms with Crippen LogP contribution in [0.25, 0.3) is 0 Å². The Morgan fingerprint density at radius 3 is 2.27 bits per heavy atom. The quantitative estimate of drug-likeness (QED) is 0.815. The molecule has 0 aliphatic heterocycles. The number of aliphatic hydroxyl groups excluding tert-OH is 1. The van der Waals surface area contributed by atoms with Gasteiger partial charge in [0.25, 0.3) is 0 Å². The standard InChI is InChI=1S/C14H13F3N2O3/c1-8(20)6-12(21)11(7-18)13(22)19-10-4-2-9(3-5-10)14(15,16)17/h2-5,8,11,20H,6H2,1H3,(H,19,22)/t8-,11?/m0/s1. The number of hydrogen-bond donors (Lipinski definition) is 2. The van der Waals surface area contributed by atoms with E-state index in [-0.39, 0.29) is 12.1 Å². The van der Waals surface area contributed by atoms with Crippen LogP contribution >= 0.6 is 0 Å². The fourth-order valence-corrected chi connectivity index (χ4v) is 1.64. The van der Waals surface area contributed by atoms with Crippen LogP contribution in [0.1, 0.15) is 18.9 Å². The lowest BCUT2D eigenvalue weighted by molar-refractivity contribution is -0.137. The highest BCUT2D eigenvalue weighted by molar-refractivity contribution is 6.09. The minimum absolute atomic E-state index is 0.0306. The number of nitrogens with one attached hydrogen (secondary N) is 1. The number of carbonyl (C=O) groups excluding carboxylic acids is 2. The van der Waals surface area contributed by atoms with Gasteiger partial charge in [-0.1, -0.05) is 0 Å². The van der Waals surface area contributed by atoms with Crippen LogP contribution in [0.5, 0.6) is 0 Å². The van der Waals surface area contributed by atoms with Gasteiger partial charge in [-0.15, -0.1) is 0 Å². The number of ketones is 1. The molecule has 1 aromatic rings. The Morgan fingerprint density at radius 1 is 1.32 bits per heavy atom. The van der Waals surface area contributed by atoms with Gasteiger partial charge in [0.05, 0.1) is 17.7 Å². The van der Waals surface area contributed by atoms with Crippen LogP contribution in [-0.4, -0.2) is 22.9 Å². The molecule has 1 aromatic carbocycles. The first-order chi connectivity index (χ1) is 10.1. The van der Waals surface area contributed by atoms with E-state index in [1.54, 1.807) is 0 Å². The Labute approximate surface area is 124 Å². The Kier molecular flexibility index (Phi) is 5.65. The van der Waals surface area contributed by atoms with Crippen LogP contribution in [0.4, 0.5) is 18.9 Å². The number of rotatable bonds is 5. The van der Waals surface area contributed by atoms with Gasteiger partial charge in [-0.3, -0.25) is 9.59 Å². The van der Waals surface area contributed by atoms with Crippen LogP contribution in [0.3, 0.4) is 0 Å². The van der Waals surface area contributed by atoms with Crippen molar-refractivity contribution in [1.82, 2.24) is 0 Å². The third-order valence-electron chi connectivity index (χ3n) is 2.69. The molecule has 0 fully saturated rings. The van der Waals surface area contributed by atoms with Crippen molar-refractivity contribution in [2.75, 3.05) is 5.32 Å². The number of nitriles is 1. The fraction of sp³-hybridized carbons (Fsp3) is 0.357. The summed E-state index contributed by atoms with van der Waals surface area (Å²) in [5, 5.41) is 20.1. The molecule has 118 valence electrons. The smallest absolute Gasteiger partial charge is 0.393 e. The fourth-order valence-electron chi connectivity index (χ4n) is 1.64. The summed E-state index contributed by atoms with van der Waals surface area (Å²) in [5.41, 5.74) is -0.851. The van der Waals surface area contributed by atoms with E-state index in [0.29, 0.717) is 0 Å². The average Bonchev–Trinajstić information content (AvgIpc) is 2.38. The molecule has 0 aliphatic carbocycles. The Hall–Kier alpha value is -2.40. The Balaban J connectivity index is 2.79. The molecule has 0 bridgehead atoms. The predicted octanol–water partition coefficient (Wildman–Crippen LogP) is 2.12. The number of benzene rings is 1. The SMILES string of the molecule is C[C@H](O)CC(=O)C(C#N)C(=O)Nc1ccc(C(F)(F)F)cc1. The summed E-state index contributed by atoms with van der Waals surface area (Å²) in [6, 6.07) is 5.10. The average molecular weight is 314 g/mol. The number of alkyl halides is 3. The summed E-state index contributed by atoms with van der Waals surface area (Å²) in [5.74, 6) is -3.34. The topological polar surface area (TPSA) is 90.2 Å². The van der Waals surface area contributed by atoms with Crippen molar-refractivity contribution < 1.29 is 27.9 Å². The van der Waals surface area contributed by atoms with E-state index in [1.165, 1.54) is 13.0 Å². The van der Waals surface area contributed by atoms with Crippen LogP contribution < -0.4 is 5.32 Å². The normalized spacial score (nSPS) is 13.8. The molecule has 0 heterocycles. The molecule has 1 amide bonds. The third kappa shape index (κ3) is 4.86. The second-order valence-corrected chi connectivity index (χ2v) is 4.65. The van der Waals surface area contributed by atoms with Crippen LogP contribution in [0, 0.1) is 17.2 Å². The van der Waals surface area contributed by atoms with Gasteiger partial charge in [0.1, 0.15) is 0 Å². The van der Waals surface area contributed by atoms with Crippen molar-refractivity contribution in [1.29, 1.82) is 5.26 Å². The minimum atomic E-state index is -4.50. The van der Waals surface area contributed by atoms with E-state index in [2.05, 4.69) is 5.32 Å². The molecule has 0 spiro atoms. The first-order valence-electron chi connectivity index (χ1n) is 6.23. The summed E-state index contributed by atoms with van der Waals surface area (Å²) in [7, 11) is 0. The monoisotopic (exact) mass is 314 g/mol. The summed E-state index contributed by atoms with van der Waals surface area (Å²) in [6.07, 6.45) is -5.86. The first kappa shape index (κ1) is 17.7. The number of aliphatic hydroxyl groups is 1. The van der Waals surface area contributed by atoms with E-state index in [9.17, 15) is 22.8 Å². The molecular formula is C14H13F3N2O3. The van der Waals surface area contributed by atoms with Crippen molar-refractivity contribution in [2.45, 2.75) is 25.6 Å². The van der Waals surface area contributed by atoms with Gasteiger partial charge in [0.15, 0.2) is 11.7 Å². The highest BCUT2D eigenvalue weighted by atomic mass is 19.4. The van der Waals surface area contributed by atoms with Crippen molar-refractivity contribution in [3.63, 3.8) is 0 Å². The molecule has 0 radical (unpaired) electrons. The van der Waals surface area contributed by atoms with Gasteiger partial charge in [-0.25, -0.2) is 0 Å². The number of carbonyl (C=O) groups is 2. The number of Topliss-reactive ketones (excluding diaryl/α,β-unsaturated/α-hetero) is 1. The van der Waals surface area contributed by atoms with E-state index in [0.717, 1.165) is 24.3 Å². The van der Waals surface area contributed by atoms with Gasteiger partial charge >= 0.3 is 6.18 Å². The first-order valence-corrected chi connectivity index (χ1v) is 6.23. The van der Waals surface area contributed by atoms with Gasteiger partial charge in [-0.05, 0) is 31.2 Å². The zero-order valence-corrected chi connectivity index (χ0v) is 11.5. The van der Waals surface area contributed by atoms with Crippen LogP contribution in [-0.2, 0) is 15.8 Å². The van der Waals surface area contributed by atoms with Crippen molar-refractivity contribution in [2.24, 2.45) is 5.92 Å². The molecule has 0 aromatic heterocycles. The predicted molar refractivity (Wildman–Crippen MR) is 70.5 cm³/mol. The highest BCUT2D eigenvalue weighted by Crippen LogP contribution is 2.29. The maximum atomic E-state index is 12.4. The van der Waals surface area contributed by atoms with Crippen LogP contribution in [0.15, 0.2) is 24.3 Å². The molecule has 8 heteroatoms. The molecule has 1 rings (SSSR count). The van der Waals surface area contributed by atoms with Crippen molar-refractivity contribution in [3.8, 4) is 6.07 Å². The summed E-state index contributed by atoms with van der Waals surface area (Å²) < 4.78 is 37.2. The van der Waals surface area contributed by atoms with Gasteiger partial charge in [0.2, 0.25) is 5.91 Å². The molecule has 5 nitrogen and oxygen atoms in total. The second-order valence-electron chi connectivity index (χ2n) is 4.65. The van der Waals surface area contributed by atoms with Gasteiger partial charge in [0, 0.05) is 12.1 Å². The minimum Gasteiger partial charge on any atom is -0.393 e. The number of hydrogen-bond acceptors (Lipinski definition) is 4. The molecule has 2 atom stereocenters. The highest BCUT2D eigenvalue weighted by Gasteiger charge is 2.30. The molecule has 1 unspecified atom stereocenters. The Morgan fingerprint density at radius 2 is 1.86 bits per heavy atom. The molecule has 22 heavy (non-hydrogen) atoms. The lowest BCUT2D eigenvalue weighted by Gasteiger charge is -2.11. The lowest BCUT2D eigenvalue weighted by atomic mass is 10.00. The zero-order valence-electron chi connectivity index (χ0n) is 11.5. The molecule has 2 N–H and O–H groups in total.